The average molecular weight is 436 g/mol. The highest BCUT2D eigenvalue weighted by Gasteiger charge is 2.33. The Kier molecular flexibility index (Phi) is 6.10. The molecule has 2 aromatic heterocycles. The number of aromatic nitrogens is 3. The van der Waals surface area contributed by atoms with Gasteiger partial charge in [-0.1, -0.05) is 76.5 Å². The van der Waals surface area contributed by atoms with Crippen LogP contribution in [-0.2, 0) is 14.0 Å². The average Bonchev–Trinajstić information content (AvgIpc) is 2.91. The van der Waals surface area contributed by atoms with Crippen LogP contribution in [0.25, 0.3) is 12.2 Å². The molecule has 2 aromatic rings. The standard InChI is InChI=1S/C13H9Cl6N3O/c1-2-7-3-4-8(23-7)5-6-9-20-10(12(14,15)16)22-11(21-9)13(17,18)19/h3-6H,2H2,1H3/b6-5+. The second-order valence-corrected chi connectivity index (χ2v) is 8.89. The first-order chi connectivity index (χ1) is 10.6. The maximum Gasteiger partial charge on any atom is 0.250 e. The Balaban J connectivity index is 2.40. The molecule has 0 amide bonds. The van der Waals surface area contributed by atoms with Gasteiger partial charge in [-0.25, -0.2) is 15.0 Å². The number of furan rings is 1. The lowest BCUT2D eigenvalue weighted by Gasteiger charge is -2.14. The molecule has 0 fully saturated rings. The van der Waals surface area contributed by atoms with Crippen LogP contribution in [-0.4, -0.2) is 15.0 Å². The van der Waals surface area contributed by atoms with Gasteiger partial charge in [-0.15, -0.1) is 0 Å². The van der Waals surface area contributed by atoms with E-state index in [0.29, 0.717) is 5.76 Å². The van der Waals surface area contributed by atoms with Crippen LogP contribution in [0, 0.1) is 0 Å². The Bertz CT molecular complexity index is 685. The molecule has 0 saturated heterocycles. The summed E-state index contributed by atoms with van der Waals surface area (Å²) in [6.07, 6.45) is 3.98. The molecular formula is C13H9Cl6N3O. The van der Waals surface area contributed by atoms with Gasteiger partial charge in [0.15, 0.2) is 17.5 Å². The summed E-state index contributed by atoms with van der Waals surface area (Å²) in [5, 5.41) is 0. The van der Waals surface area contributed by atoms with E-state index >= 15 is 0 Å². The molecule has 4 nitrogen and oxygen atoms in total. The van der Waals surface area contributed by atoms with Crippen molar-refractivity contribution in [2.75, 3.05) is 0 Å². The largest absolute Gasteiger partial charge is 0.462 e. The lowest BCUT2D eigenvalue weighted by atomic mass is 10.3. The van der Waals surface area contributed by atoms with Gasteiger partial charge < -0.3 is 4.42 Å². The zero-order valence-corrected chi connectivity index (χ0v) is 16.1. The maximum absolute atomic E-state index is 5.80. The van der Waals surface area contributed by atoms with Crippen molar-refractivity contribution in [3.05, 3.63) is 41.1 Å². The molecule has 0 unspecified atom stereocenters. The van der Waals surface area contributed by atoms with Crippen molar-refractivity contribution in [1.82, 2.24) is 15.0 Å². The number of nitrogens with zero attached hydrogens (tertiary/aromatic N) is 3. The van der Waals surface area contributed by atoms with Gasteiger partial charge in [-0.3, -0.25) is 0 Å². The summed E-state index contributed by atoms with van der Waals surface area (Å²) in [6.45, 7) is 1.98. The number of halogens is 6. The smallest absolute Gasteiger partial charge is 0.250 e. The van der Waals surface area contributed by atoms with Crippen molar-refractivity contribution in [1.29, 1.82) is 0 Å². The zero-order chi connectivity index (χ0) is 17.3. The number of rotatable bonds is 3. The topological polar surface area (TPSA) is 51.8 Å². The fraction of sp³-hybridized carbons (Fsp3) is 0.308. The van der Waals surface area contributed by atoms with Crippen LogP contribution in [0.1, 0.15) is 35.9 Å². The van der Waals surface area contributed by atoms with E-state index in [0.717, 1.165) is 12.2 Å². The van der Waals surface area contributed by atoms with Gasteiger partial charge in [0.05, 0.1) is 0 Å². The van der Waals surface area contributed by atoms with E-state index in [-0.39, 0.29) is 17.5 Å². The van der Waals surface area contributed by atoms with E-state index in [1.165, 1.54) is 0 Å². The van der Waals surface area contributed by atoms with Gasteiger partial charge in [-0.2, -0.15) is 0 Å². The summed E-state index contributed by atoms with van der Waals surface area (Å²) in [5.41, 5.74) is 0. The highest BCUT2D eigenvalue weighted by molar-refractivity contribution is 6.67. The van der Waals surface area contributed by atoms with Gasteiger partial charge in [0.2, 0.25) is 7.59 Å². The van der Waals surface area contributed by atoms with Crippen LogP contribution in [0.3, 0.4) is 0 Å². The van der Waals surface area contributed by atoms with Crippen molar-refractivity contribution in [2.45, 2.75) is 20.9 Å². The van der Waals surface area contributed by atoms with Crippen LogP contribution in [0.2, 0.25) is 0 Å². The van der Waals surface area contributed by atoms with Crippen molar-refractivity contribution < 1.29 is 4.42 Å². The fourth-order valence-electron chi connectivity index (χ4n) is 1.55. The second-order valence-electron chi connectivity index (χ2n) is 4.33. The van der Waals surface area contributed by atoms with E-state index in [1.807, 2.05) is 19.1 Å². The minimum absolute atomic E-state index is 0.146. The Labute approximate surface area is 162 Å². The third-order valence-corrected chi connectivity index (χ3v) is 3.60. The first-order valence-corrected chi connectivity index (χ1v) is 8.53. The predicted octanol–water partition coefficient (Wildman–Crippen LogP) is 5.85. The minimum atomic E-state index is -1.88. The normalized spacial score (nSPS) is 13.0. The number of alkyl halides is 6. The Morgan fingerprint density at radius 2 is 1.48 bits per heavy atom. The summed E-state index contributed by atoms with van der Waals surface area (Å²) in [5.74, 6) is 1.34. The zero-order valence-electron chi connectivity index (χ0n) is 11.5. The quantitative estimate of drug-likeness (QED) is 0.567. The molecule has 124 valence electrons. The van der Waals surface area contributed by atoms with Crippen LogP contribution in [0.4, 0.5) is 0 Å². The maximum atomic E-state index is 5.80. The van der Waals surface area contributed by atoms with E-state index in [4.69, 9.17) is 74.0 Å². The number of aryl methyl sites for hydroxylation is 1. The van der Waals surface area contributed by atoms with Gasteiger partial charge in [0, 0.05) is 6.42 Å². The van der Waals surface area contributed by atoms with Crippen LogP contribution >= 0.6 is 69.6 Å². The molecule has 0 bridgehead atoms. The minimum Gasteiger partial charge on any atom is -0.462 e. The Morgan fingerprint density at radius 3 is 1.91 bits per heavy atom. The van der Waals surface area contributed by atoms with Crippen molar-refractivity contribution in [3.63, 3.8) is 0 Å². The van der Waals surface area contributed by atoms with E-state index < -0.39 is 7.59 Å². The fourth-order valence-corrected chi connectivity index (χ4v) is 2.06. The molecule has 0 aromatic carbocycles. The van der Waals surface area contributed by atoms with Crippen molar-refractivity contribution in [2.24, 2.45) is 0 Å². The van der Waals surface area contributed by atoms with Gasteiger partial charge in [0.25, 0.3) is 0 Å². The summed E-state index contributed by atoms with van der Waals surface area (Å²) >= 11 is 34.8. The lowest BCUT2D eigenvalue weighted by Crippen LogP contribution is -2.16. The third kappa shape index (κ3) is 5.38. The first-order valence-electron chi connectivity index (χ1n) is 6.27. The molecule has 0 aliphatic carbocycles. The van der Waals surface area contributed by atoms with Crippen LogP contribution in [0.15, 0.2) is 16.5 Å². The van der Waals surface area contributed by atoms with E-state index in [2.05, 4.69) is 15.0 Å². The third-order valence-electron chi connectivity index (χ3n) is 2.59. The van der Waals surface area contributed by atoms with Crippen LogP contribution < -0.4 is 0 Å². The predicted molar refractivity (Wildman–Crippen MR) is 95.3 cm³/mol. The molecular weight excluding hydrogens is 427 g/mol. The molecule has 2 heterocycles. The number of hydrogen-bond acceptors (Lipinski definition) is 4. The van der Waals surface area contributed by atoms with Gasteiger partial charge in [0.1, 0.15) is 11.5 Å². The monoisotopic (exact) mass is 433 g/mol. The first kappa shape index (κ1) is 19.1. The summed E-state index contributed by atoms with van der Waals surface area (Å²) < 4.78 is 1.78. The molecule has 0 radical (unpaired) electrons. The molecule has 23 heavy (non-hydrogen) atoms. The molecule has 0 atom stereocenters. The highest BCUT2D eigenvalue weighted by Crippen LogP contribution is 2.39. The molecule has 2 rings (SSSR count). The summed E-state index contributed by atoms with van der Waals surface area (Å²) in [4.78, 5) is 12.0. The Hall–Kier alpha value is -0.230. The summed E-state index contributed by atoms with van der Waals surface area (Å²) in [6, 6.07) is 3.68. The molecule has 0 aliphatic heterocycles. The highest BCUT2D eigenvalue weighted by atomic mass is 35.6. The van der Waals surface area contributed by atoms with E-state index in [1.54, 1.807) is 12.2 Å². The SMILES string of the molecule is CCc1ccc(/C=C/c2nc(C(Cl)(Cl)Cl)nc(C(Cl)(Cl)Cl)n2)o1. The van der Waals surface area contributed by atoms with Crippen LogP contribution in [0.5, 0.6) is 0 Å². The van der Waals surface area contributed by atoms with E-state index in [9.17, 15) is 0 Å². The molecule has 10 heteroatoms. The van der Waals surface area contributed by atoms with Crippen molar-refractivity contribution >= 4 is 81.8 Å². The lowest BCUT2D eigenvalue weighted by molar-refractivity contribution is 0.508. The molecule has 0 N–H and O–H groups in total. The molecule has 0 aliphatic rings. The summed E-state index contributed by atoms with van der Waals surface area (Å²) in [7, 11) is 0. The van der Waals surface area contributed by atoms with Gasteiger partial charge in [-0.05, 0) is 24.3 Å². The van der Waals surface area contributed by atoms with Gasteiger partial charge >= 0.3 is 0 Å². The second kappa shape index (κ2) is 7.34. The molecule has 0 saturated carbocycles. The molecule has 0 spiro atoms. The number of hydrogen-bond donors (Lipinski definition) is 0. The Morgan fingerprint density at radius 1 is 0.913 bits per heavy atom. The van der Waals surface area contributed by atoms with Crippen molar-refractivity contribution in [3.8, 4) is 0 Å².